The summed E-state index contributed by atoms with van der Waals surface area (Å²) in [5.41, 5.74) is 4.52. The molecule has 7 rings (SSSR count). The van der Waals surface area contributed by atoms with Crippen LogP contribution >= 0.6 is 11.3 Å². The number of pyridine rings is 2. The zero-order chi connectivity index (χ0) is 22.6. The molecule has 2 bridgehead atoms. The van der Waals surface area contributed by atoms with Gasteiger partial charge in [0.05, 0.1) is 11.1 Å². The minimum absolute atomic E-state index is 0.172. The highest BCUT2D eigenvalue weighted by Gasteiger charge is 2.35. The minimum Gasteiger partial charge on any atom is -0.311 e. The number of para-hydroxylation sites is 1. The first-order valence-corrected chi connectivity index (χ1v) is 12.8. The largest absolute Gasteiger partial charge is 0.311 e. The standard InChI is InChI=1S/C29H25N3OS/c33-29-24(28-13-22-6-2-4-8-27(22)34-28)9-10-26-23-12-20(17-32(26)29)16-31(18-23)15-19-11-21-5-1-3-7-25(21)30-14-19/h1-11,13-14,20,23H,12,15-18H2/t20-,23+/m0/s1. The number of benzene rings is 2. The molecule has 0 radical (unpaired) electrons. The van der Waals surface area contributed by atoms with Crippen LogP contribution < -0.4 is 5.56 Å². The van der Waals surface area contributed by atoms with Gasteiger partial charge in [-0.25, -0.2) is 0 Å². The molecule has 3 aromatic heterocycles. The van der Waals surface area contributed by atoms with Crippen LogP contribution in [0.5, 0.6) is 0 Å². The molecule has 5 heterocycles. The summed E-state index contributed by atoms with van der Waals surface area (Å²) in [4.78, 5) is 21.8. The molecule has 1 saturated heterocycles. The predicted molar refractivity (Wildman–Crippen MR) is 139 cm³/mol. The van der Waals surface area contributed by atoms with Crippen molar-refractivity contribution in [2.24, 2.45) is 5.92 Å². The van der Waals surface area contributed by atoms with E-state index >= 15 is 0 Å². The highest BCUT2D eigenvalue weighted by molar-refractivity contribution is 7.22. The highest BCUT2D eigenvalue weighted by atomic mass is 32.1. The zero-order valence-electron chi connectivity index (χ0n) is 18.9. The van der Waals surface area contributed by atoms with E-state index in [1.807, 2.05) is 12.3 Å². The van der Waals surface area contributed by atoms with Crippen molar-refractivity contribution in [3.8, 4) is 10.4 Å². The van der Waals surface area contributed by atoms with Gasteiger partial charge >= 0.3 is 0 Å². The van der Waals surface area contributed by atoms with Crippen molar-refractivity contribution in [2.45, 2.75) is 25.4 Å². The number of likely N-dealkylation sites (tertiary alicyclic amines) is 1. The lowest BCUT2D eigenvalue weighted by Gasteiger charge is -2.43. The topological polar surface area (TPSA) is 38.1 Å². The van der Waals surface area contributed by atoms with Crippen LogP contribution in [0.25, 0.3) is 31.4 Å². The number of thiophene rings is 1. The second-order valence-corrected chi connectivity index (χ2v) is 10.8. The van der Waals surface area contributed by atoms with Crippen LogP contribution in [0.4, 0.5) is 0 Å². The van der Waals surface area contributed by atoms with Gasteiger partial charge in [0.15, 0.2) is 0 Å². The van der Waals surface area contributed by atoms with Crippen LogP contribution in [0, 0.1) is 5.92 Å². The molecule has 5 aromatic rings. The molecule has 2 aliphatic heterocycles. The van der Waals surface area contributed by atoms with Gasteiger partial charge in [0.2, 0.25) is 0 Å². The average molecular weight is 464 g/mol. The number of hydrogen-bond donors (Lipinski definition) is 0. The molecule has 4 nitrogen and oxygen atoms in total. The van der Waals surface area contributed by atoms with Crippen LogP contribution in [0.1, 0.15) is 23.6 Å². The number of aromatic nitrogens is 2. The van der Waals surface area contributed by atoms with Gasteiger partial charge in [0.25, 0.3) is 5.56 Å². The van der Waals surface area contributed by atoms with Crippen molar-refractivity contribution in [3.05, 3.63) is 101 Å². The summed E-state index contributed by atoms with van der Waals surface area (Å²) in [6.07, 6.45) is 3.19. The van der Waals surface area contributed by atoms with E-state index in [1.54, 1.807) is 11.3 Å². The molecule has 2 aromatic carbocycles. The molecule has 1 fully saturated rings. The highest BCUT2D eigenvalue weighted by Crippen LogP contribution is 2.37. The van der Waals surface area contributed by atoms with Crippen molar-refractivity contribution >= 4 is 32.3 Å². The fourth-order valence-corrected chi connectivity index (χ4v) is 7.02. The predicted octanol–water partition coefficient (Wildman–Crippen LogP) is 5.90. The molecule has 0 spiro atoms. The third kappa shape index (κ3) is 3.39. The van der Waals surface area contributed by atoms with E-state index < -0.39 is 0 Å². The Morgan fingerprint density at radius 2 is 1.76 bits per heavy atom. The maximum Gasteiger partial charge on any atom is 0.259 e. The van der Waals surface area contributed by atoms with E-state index in [1.165, 1.54) is 33.2 Å². The number of nitrogens with zero attached hydrogens (tertiary/aromatic N) is 3. The second-order valence-electron chi connectivity index (χ2n) is 9.77. The average Bonchev–Trinajstić information content (AvgIpc) is 3.29. The molecule has 0 amide bonds. The number of fused-ring (bicyclic) bond motifs is 6. The van der Waals surface area contributed by atoms with Gasteiger partial charge < -0.3 is 4.57 Å². The van der Waals surface area contributed by atoms with E-state index in [-0.39, 0.29) is 5.56 Å². The lowest BCUT2D eigenvalue weighted by atomic mass is 9.82. The zero-order valence-corrected chi connectivity index (χ0v) is 19.7. The van der Waals surface area contributed by atoms with Gasteiger partial charge in [-0.3, -0.25) is 14.7 Å². The van der Waals surface area contributed by atoms with Gasteiger partial charge in [-0.05, 0) is 59.7 Å². The molecule has 34 heavy (non-hydrogen) atoms. The molecular formula is C29H25N3OS. The second kappa shape index (κ2) is 7.90. The molecule has 5 heteroatoms. The van der Waals surface area contributed by atoms with Crippen molar-refractivity contribution in [1.29, 1.82) is 0 Å². The first kappa shape index (κ1) is 20.1. The van der Waals surface area contributed by atoms with E-state index in [4.69, 9.17) is 0 Å². The van der Waals surface area contributed by atoms with Crippen LogP contribution in [0.2, 0.25) is 0 Å². The fraction of sp³-hybridized carbons (Fsp3) is 0.241. The van der Waals surface area contributed by atoms with Crippen LogP contribution in [0.15, 0.2) is 83.8 Å². The minimum atomic E-state index is 0.172. The van der Waals surface area contributed by atoms with E-state index in [2.05, 4.69) is 81.2 Å². The van der Waals surface area contributed by atoms with Crippen molar-refractivity contribution in [1.82, 2.24) is 14.5 Å². The van der Waals surface area contributed by atoms with E-state index in [0.717, 1.165) is 42.1 Å². The SMILES string of the molecule is O=c1c(-c2cc3ccccc3s2)ccc2n1C[C@H]1C[C@@H]2CN(Cc2cnc3ccccc3c2)C1. The van der Waals surface area contributed by atoms with Crippen molar-refractivity contribution in [3.63, 3.8) is 0 Å². The number of rotatable bonds is 3. The summed E-state index contributed by atoms with van der Waals surface area (Å²) in [5, 5.41) is 2.41. The molecule has 0 saturated carbocycles. The molecule has 168 valence electrons. The summed E-state index contributed by atoms with van der Waals surface area (Å²) in [6.45, 7) is 3.75. The Morgan fingerprint density at radius 1 is 0.912 bits per heavy atom. The lowest BCUT2D eigenvalue weighted by Crippen LogP contribution is -2.46. The Bertz CT molecular complexity index is 1570. The maximum atomic E-state index is 13.6. The monoisotopic (exact) mass is 463 g/mol. The maximum absolute atomic E-state index is 13.6. The molecule has 2 aliphatic rings. The smallest absolute Gasteiger partial charge is 0.259 e. The number of piperidine rings is 1. The van der Waals surface area contributed by atoms with Crippen LogP contribution in [-0.2, 0) is 13.1 Å². The third-order valence-corrected chi connectivity index (χ3v) is 8.57. The van der Waals surface area contributed by atoms with Gasteiger partial charge in [0.1, 0.15) is 0 Å². The molecule has 0 N–H and O–H groups in total. The third-order valence-electron chi connectivity index (χ3n) is 7.42. The van der Waals surface area contributed by atoms with Crippen molar-refractivity contribution < 1.29 is 0 Å². The summed E-state index contributed by atoms with van der Waals surface area (Å²) >= 11 is 1.71. The van der Waals surface area contributed by atoms with Gasteiger partial charge in [-0.2, -0.15) is 0 Å². The normalized spacial score (nSPS) is 20.0. The molecule has 0 unspecified atom stereocenters. The Balaban J connectivity index is 1.17. The Labute approximate surface area is 202 Å². The summed E-state index contributed by atoms with van der Waals surface area (Å²) in [5.74, 6) is 0.917. The van der Waals surface area contributed by atoms with Gasteiger partial charge in [0, 0.05) is 59.0 Å². The van der Waals surface area contributed by atoms with Crippen LogP contribution in [0.3, 0.4) is 0 Å². The number of hydrogen-bond acceptors (Lipinski definition) is 4. The molecular weight excluding hydrogens is 438 g/mol. The van der Waals surface area contributed by atoms with Crippen LogP contribution in [-0.4, -0.2) is 27.5 Å². The summed E-state index contributed by atoms with van der Waals surface area (Å²) in [6, 6.07) is 25.4. The first-order valence-electron chi connectivity index (χ1n) is 12.0. The van der Waals surface area contributed by atoms with E-state index in [0.29, 0.717) is 11.8 Å². The van der Waals surface area contributed by atoms with E-state index in [9.17, 15) is 4.79 Å². The Hall–Kier alpha value is -3.28. The Kier molecular flexibility index (Phi) is 4.67. The van der Waals surface area contributed by atoms with Gasteiger partial charge in [-0.15, -0.1) is 11.3 Å². The molecule has 0 aliphatic carbocycles. The summed E-state index contributed by atoms with van der Waals surface area (Å²) in [7, 11) is 0. The quantitative estimate of drug-likeness (QED) is 0.334. The Morgan fingerprint density at radius 3 is 2.68 bits per heavy atom. The van der Waals surface area contributed by atoms with Crippen molar-refractivity contribution in [2.75, 3.05) is 13.1 Å². The van der Waals surface area contributed by atoms with Gasteiger partial charge in [-0.1, -0.05) is 36.4 Å². The fourth-order valence-electron chi connectivity index (χ4n) is 5.94. The first-order chi connectivity index (χ1) is 16.7. The molecule has 2 atom stereocenters. The lowest BCUT2D eigenvalue weighted by molar-refractivity contribution is 0.114. The summed E-state index contributed by atoms with van der Waals surface area (Å²) < 4.78 is 3.31.